The van der Waals surface area contributed by atoms with Crippen molar-refractivity contribution < 1.29 is 9.72 Å². The number of nitro benzene ring substituents is 1. The van der Waals surface area contributed by atoms with E-state index in [0.29, 0.717) is 6.54 Å². The lowest BCUT2D eigenvalue weighted by Gasteiger charge is -2.11. The number of carbonyl (C=O) groups excluding carboxylic acids is 1. The summed E-state index contributed by atoms with van der Waals surface area (Å²) in [6, 6.07) is 12.1. The second kappa shape index (κ2) is 8.77. The van der Waals surface area contributed by atoms with Gasteiger partial charge in [-0.2, -0.15) is 9.61 Å². The van der Waals surface area contributed by atoms with E-state index in [1.54, 1.807) is 4.52 Å². The minimum atomic E-state index is -0.520. The van der Waals surface area contributed by atoms with Gasteiger partial charge in [0.15, 0.2) is 10.9 Å². The lowest BCUT2D eigenvalue weighted by atomic mass is 10.1. The average Bonchev–Trinajstić information content (AvgIpc) is 3.34. The number of hydrogen-bond donors (Lipinski definition) is 2. The van der Waals surface area contributed by atoms with Gasteiger partial charge in [0.05, 0.1) is 4.92 Å². The molecule has 32 heavy (non-hydrogen) atoms. The van der Waals surface area contributed by atoms with Crippen molar-refractivity contribution in [3.05, 3.63) is 75.1 Å². The molecular formula is C20H17N7O3S2. The number of benzene rings is 2. The molecule has 0 saturated carbocycles. The van der Waals surface area contributed by atoms with Crippen LogP contribution in [0, 0.1) is 24.0 Å². The molecule has 2 N–H and O–H groups in total. The number of thiocarbonyl (C=S) groups is 1. The van der Waals surface area contributed by atoms with E-state index in [2.05, 4.69) is 25.9 Å². The summed E-state index contributed by atoms with van der Waals surface area (Å²) in [4.78, 5) is 23.7. The number of aromatic nitrogens is 4. The molecule has 4 rings (SSSR count). The molecule has 0 aliphatic carbocycles. The second-order valence-corrected chi connectivity index (χ2v) is 8.25. The Labute approximate surface area is 191 Å². The summed E-state index contributed by atoms with van der Waals surface area (Å²) in [7, 11) is 0. The van der Waals surface area contributed by atoms with Gasteiger partial charge in [-0.25, -0.2) is 0 Å². The highest BCUT2D eigenvalue weighted by Crippen LogP contribution is 2.25. The number of nitro groups is 1. The van der Waals surface area contributed by atoms with Gasteiger partial charge in [0.2, 0.25) is 4.96 Å². The van der Waals surface area contributed by atoms with E-state index in [9.17, 15) is 14.9 Å². The van der Waals surface area contributed by atoms with E-state index in [0.717, 1.165) is 26.9 Å². The third-order valence-corrected chi connectivity index (χ3v) is 5.97. The van der Waals surface area contributed by atoms with Crippen LogP contribution < -0.4 is 10.6 Å². The number of carbonyl (C=O) groups is 1. The third kappa shape index (κ3) is 4.31. The zero-order valence-corrected chi connectivity index (χ0v) is 18.7. The van der Waals surface area contributed by atoms with Crippen LogP contribution >= 0.6 is 23.6 Å². The number of amides is 1. The summed E-state index contributed by atoms with van der Waals surface area (Å²) in [6.07, 6.45) is 0. The molecule has 0 aliphatic heterocycles. The quantitative estimate of drug-likeness (QED) is 0.260. The summed E-state index contributed by atoms with van der Waals surface area (Å²) in [5.41, 5.74) is 2.29. The van der Waals surface area contributed by atoms with Crippen molar-refractivity contribution in [1.82, 2.24) is 30.4 Å². The molecule has 2 aromatic heterocycles. The van der Waals surface area contributed by atoms with Gasteiger partial charge in [0, 0.05) is 29.3 Å². The number of fused-ring (bicyclic) bond motifs is 1. The zero-order valence-electron chi connectivity index (χ0n) is 17.0. The standard InChI is InChI=1S/C20H17N7O3S2/c1-11-15(4-3-5-16(11)27(29)30)17(28)22-19(31)21-10-13-6-8-14(9-7-13)18-25-26-12(2)23-24-20(26)32-18/h3-9H,10H2,1-2H3,(H2,21,22,28,31). The average molecular weight is 468 g/mol. The second-order valence-electron chi connectivity index (χ2n) is 6.89. The summed E-state index contributed by atoms with van der Waals surface area (Å²) >= 11 is 6.65. The lowest BCUT2D eigenvalue weighted by molar-refractivity contribution is -0.385. The Morgan fingerprint density at radius 1 is 1.19 bits per heavy atom. The van der Waals surface area contributed by atoms with Crippen LogP contribution in [0.4, 0.5) is 5.69 Å². The highest BCUT2D eigenvalue weighted by Gasteiger charge is 2.18. The van der Waals surface area contributed by atoms with Crippen LogP contribution in [0.2, 0.25) is 0 Å². The first-order valence-electron chi connectivity index (χ1n) is 9.45. The van der Waals surface area contributed by atoms with Crippen LogP contribution in [-0.2, 0) is 6.54 Å². The van der Waals surface area contributed by atoms with Crippen LogP contribution in [0.5, 0.6) is 0 Å². The van der Waals surface area contributed by atoms with Crippen molar-refractivity contribution in [2.45, 2.75) is 20.4 Å². The van der Waals surface area contributed by atoms with Gasteiger partial charge in [-0.3, -0.25) is 20.2 Å². The Hall–Kier alpha value is -3.77. The van der Waals surface area contributed by atoms with Gasteiger partial charge in [0.25, 0.3) is 11.6 Å². The monoisotopic (exact) mass is 467 g/mol. The van der Waals surface area contributed by atoms with Gasteiger partial charge in [0.1, 0.15) is 5.01 Å². The van der Waals surface area contributed by atoms with Gasteiger partial charge >= 0.3 is 0 Å². The molecule has 4 aromatic rings. The molecule has 0 saturated heterocycles. The van der Waals surface area contributed by atoms with Gasteiger partial charge in [-0.1, -0.05) is 41.7 Å². The zero-order chi connectivity index (χ0) is 22.8. The fourth-order valence-corrected chi connectivity index (χ4v) is 4.12. The topological polar surface area (TPSA) is 127 Å². The fourth-order valence-electron chi connectivity index (χ4n) is 3.06. The molecular weight excluding hydrogens is 450 g/mol. The summed E-state index contributed by atoms with van der Waals surface area (Å²) in [5, 5.41) is 30.1. The largest absolute Gasteiger partial charge is 0.358 e. The van der Waals surface area contributed by atoms with Crippen LogP contribution in [0.15, 0.2) is 42.5 Å². The molecule has 2 aromatic carbocycles. The van der Waals surface area contributed by atoms with Crippen molar-refractivity contribution in [2.75, 3.05) is 0 Å². The number of hydrogen-bond acceptors (Lipinski definition) is 8. The predicted octanol–water partition coefficient (Wildman–Crippen LogP) is 3.18. The highest BCUT2D eigenvalue weighted by atomic mass is 32.1. The third-order valence-electron chi connectivity index (χ3n) is 4.77. The van der Waals surface area contributed by atoms with Crippen LogP contribution in [0.25, 0.3) is 15.5 Å². The Balaban J connectivity index is 1.36. The lowest BCUT2D eigenvalue weighted by Crippen LogP contribution is -2.39. The molecule has 0 aliphatic rings. The van der Waals surface area contributed by atoms with Gasteiger partial charge in [-0.05, 0) is 37.7 Å². The number of aryl methyl sites for hydroxylation is 1. The summed E-state index contributed by atoms with van der Waals surface area (Å²) < 4.78 is 1.71. The molecule has 0 spiro atoms. The maximum atomic E-state index is 12.5. The first-order valence-corrected chi connectivity index (χ1v) is 10.7. The molecule has 0 radical (unpaired) electrons. The molecule has 0 bridgehead atoms. The van der Waals surface area contributed by atoms with Crippen molar-refractivity contribution in [1.29, 1.82) is 0 Å². The maximum absolute atomic E-state index is 12.5. The van der Waals surface area contributed by atoms with E-state index in [1.807, 2.05) is 31.2 Å². The number of rotatable bonds is 5. The first kappa shape index (κ1) is 21.5. The molecule has 2 heterocycles. The molecule has 162 valence electrons. The minimum Gasteiger partial charge on any atom is -0.358 e. The predicted molar refractivity (Wildman–Crippen MR) is 124 cm³/mol. The van der Waals surface area contributed by atoms with Crippen LogP contribution in [0.1, 0.15) is 27.3 Å². The van der Waals surface area contributed by atoms with E-state index in [1.165, 1.54) is 36.5 Å². The van der Waals surface area contributed by atoms with Gasteiger partial charge in [-0.15, -0.1) is 10.2 Å². The van der Waals surface area contributed by atoms with Gasteiger partial charge < -0.3 is 5.32 Å². The summed E-state index contributed by atoms with van der Waals surface area (Å²) in [6.45, 7) is 3.78. The summed E-state index contributed by atoms with van der Waals surface area (Å²) in [5.74, 6) is 0.233. The van der Waals surface area contributed by atoms with E-state index < -0.39 is 10.8 Å². The van der Waals surface area contributed by atoms with Crippen LogP contribution in [-0.4, -0.2) is 35.8 Å². The molecule has 10 nitrogen and oxygen atoms in total. The SMILES string of the molecule is Cc1c(C(=O)NC(=S)NCc2ccc(-c3nn4c(C)nnc4s3)cc2)cccc1[N+](=O)[O-]. The molecule has 0 unspecified atom stereocenters. The van der Waals surface area contributed by atoms with E-state index >= 15 is 0 Å². The molecule has 0 fully saturated rings. The molecule has 0 atom stereocenters. The van der Waals surface area contributed by atoms with Crippen LogP contribution in [0.3, 0.4) is 0 Å². The van der Waals surface area contributed by atoms with Crippen molar-refractivity contribution in [3.63, 3.8) is 0 Å². The number of nitrogens with zero attached hydrogens (tertiary/aromatic N) is 5. The Kier molecular flexibility index (Phi) is 5.88. The minimum absolute atomic E-state index is 0.114. The van der Waals surface area contributed by atoms with Crippen molar-refractivity contribution in [3.8, 4) is 10.6 Å². The Morgan fingerprint density at radius 2 is 1.94 bits per heavy atom. The van der Waals surface area contributed by atoms with E-state index in [4.69, 9.17) is 12.2 Å². The molecule has 12 heteroatoms. The smallest absolute Gasteiger partial charge is 0.273 e. The Bertz CT molecular complexity index is 1350. The molecule has 1 amide bonds. The van der Waals surface area contributed by atoms with E-state index in [-0.39, 0.29) is 21.9 Å². The first-order chi connectivity index (χ1) is 15.3. The Morgan fingerprint density at radius 3 is 2.62 bits per heavy atom. The van der Waals surface area contributed by atoms with Crippen molar-refractivity contribution in [2.24, 2.45) is 0 Å². The van der Waals surface area contributed by atoms with Crippen molar-refractivity contribution >= 4 is 45.2 Å². The fraction of sp³-hybridized carbons (Fsp3) is 0.150. The normalized spacial score (nSPS) is 10.8. The number of nitrogens with one attached hydrogen (secondary N) is 2. The highest BCUT2D eigenvalue weighted by molar-refractivity contribution is 7.80. The maximum Gasteiger partial charge on any atom is 0.273 e.